The summed E-state index contributed by atoms with van der Waals surface area (Å²) in [6.07, 6.45) is 3.16. The molecule has 0 aromatic heterocycles. The van der Waals surface area contributed by atoms with E-state index in [1.165, 1.54) is 18.5 Å². The predicted molar refractivity (Wildman–Crippen MR) is 96.0 cm³/mol. The minimum atomic E-state index is -0.185. The van der Waals surface area contributed by atoms with E-state index in [0.717, 1.165) is 18.8 Å². The fourth-order valence-electron chi connectivity index (χ4n) is 3.18. The van der Waals surface area contributed by atoms with E-state index in [1.54, 1.807) is 0 Å². The molecule has 1 saturated carbocycles. The number of carbonyl (C=O) groups excluding carboxylic acids is 2. The number of rotatable bonds is 6. The molecule has 2 N–H and O–H groups in total. The van der Waals surface area contributed by atoms with E-state index in [9.17, 15) is 9.59 Å². The molecule has 2 unspecified atom stereocenters. The minimum Gasteiger partial charge on any atom is -0.372 e. The van der Waals surface area contributed by atoms with Gasteiger partial charge in [0.1, 0.15) is 0 Å². The second kappa shape index (κ2) is 7.24. The van der Waals surface area contributed by atoms with E-state index in [-0.39, 0.29) is 23.7 Å². The Kier molecular flexibility index (Phi) is 5.07. The van der Waals surface area contributed by atoms with Gasteiger partial charge < -0.3 is 15.5 Å². The fraction of sp³-hybridized carbons (Fsp3) is 0.579. The lowest BCUT2D eigenvalue weighted by Gasteiger charge is -2.17. The maximum absolute atomic E-state index is 12.3. The molecule has 24 heavy (non-hydrogen) atoms. The summed E-state index contributed by atoms with van der Waals surface area (Å²) in [6.45, 7) is 7.01. The number of nitrogens with one attached hydrogen (secondary N) is 2. The first kappa shape index (κ1) is 16.8. The molecule has 3 rings (SSSR count). The van der Waals surface area contributed by atoms with Crippen LogP contribution in [0.1, 0.15) is 33.1 Å². The van der Waals surface area contributed by atoms with Crippen LogP contribution >= 0.6 is 0 Å². The van der Waals surface area contributed by atoms with E-state index in [2.05, 4.69) is 41.5 Å². The van der Waals surface area contributed by atoms with Gasteiger partial charge in [-0.2, -0.15) is 0 Å². The third-order valence-corrected chi connectivity index (χ3v) is 4.75. The third-order valence-electron chi connectivity index (χ3n) is 4.75. The van der Waals surface area contributed by atoms with Gasteiger partial charge in [-0.25, -0.2) is 0 Å². The Balaban J connectivity index is 1.48. The molecule has 1 saturated heterocycles. The zero-order valence-corrected chi connectivity index (χ0v) is 14.5. The predicted octanol–water partition coefficient (Wildman–Crippen LogP) is 2.63. The molecule has 2 aliphatic rings. The van der Waals surface area contributed by atoms with Crippen LogP contribution in [0.15, 0.2) is 24.3 Å². The lowest BCUT2D eigenvalue weighted by molar-refractivity contribution is -0.125. The molecule has 0 spiro atoms. The lowest BCUT2D eigenvalue weighted by atomic mass is 10.2. The number of nitrogens with zero attached hydrogens (tertiary/aromatic N) is 1. The summed E-state index contributed by atoms with van der Waals surface area (Å²) in [5.41, 5.74) is 2.01. The summed E-state index contributed by atoms with van der Waals surface area (Å²) in [4.78, 5) is 26.6. The van der Waals surface area contributed by atoms with Crippen molar-refractivity contribution in [2.24, 2.45) is 17.8 Å². The molecular weight excluding hydrogens is 302 g/mol. The van der Waals surface area contributed by atoms with Crippen LogP contribution < -0.4 is 15.5 Å². The molecule has 2 atom stereocenters. The number of carbonyl (C=O) groups is 2. The van der Waals surface area contributed by atoms with E-state index in [4.69, 9.17) is 0 Å². The monoisotopic (exact) mass is 329 g/mol. The highest BCUT2D eigenvalue weighted by molar-refractivity contribution is 5.99. The minimum absolute atomic E-state index is 0.00762. The van der Waals surface area contributed by atoms with E-state index < -0.39 is 0 Å². The van der Waals surface area contributed by atoms with Crippen molar-refractivity contribution in [2.75, 3.05) is 29.9 Å². The summed E-state index contributed by atoms with van der Waals surface area (Å²) in [6, 6.07) is 8.00. The molecule has 0 bridgehead atoms. The van der Waals surface area contributed by atoms with Gasteiger partial charge in [-0.15, -0.1) is 0 Å². The van der Waals surface area contributed by atoms with E-state index in [0.29, 0.717) is 18.9 Å². The van der Waals surface area contributed by atoms with Crippen molar-refractivity contribution < 1.29 is 9.59 Å². The maximum Gasteiger partial charge on any atom is 0.228 e. The van der Waals surface area contributed by atoms with Crippen LogP contribution in [0.2, 0.25) is 0 Å². The van der Waals surface area contributed by atoms with Crippen molar-refractivity contribution in [3.8, 4) is 0 Å². The highest BCUT2D eigenvalue weighted by Gasteiger charge is 2.47. The van der Waals surface area contributed by atoms with Crippen LogP contribution in [-0.2, 0) is 9.59 Å². The molecule has 5 heteroatoms. The Hall–Kier alpha value is -2.04. The topological polar surface area (TPSA) is 61.4 Å². The standard InChI is InChI=1S/C19H27N3O2/c1-13(2)12-20-18(23)16-11-17(16)19(24)21-14-5-7-15(8-6-14)22-9-3-4-10-22/h5-8,13,16-17H,3-4,9-12H2,1-2H3,(H,20,23)(H,21,24). The maximum atomic E-state index is 12.3. The van der Waals surface area contributed by atoms with Crippen LogP contribution in [0.4, 0.5) is 11.4 Å². The number of hydrogen-bond donors (Lipinski definition) is 2. The van der Waals surface area contributed by atoms with E-state index >= 15 is 0 Å². The smallest absolute Gasteiger partial charge is 0.228 e. The Morgan fingerprint density at radius 2 is 1.71 bits per heavy atom. The van der Waals surface area contributed by atoms with Gasteiger partial charge in [0.15, 0.2) is 0 Å². The molecule has 1 aliphatic carbocycles. The molecule has 2 amide bonds. The summed E-state index contributed by atoms with van der Waals surface area (Å²) >= 11 is 0. The third kappa shape index (κ3) is 4.08. The van der Waals surface area contributed by atoms with Crippen molar-refractivity contribution in [3.63, 3.8) is 0 Å². The van der Waals surface area contributed by atoms with Gasteiger partial charge in [-0.3, -0.25) is 9.59 Å². The van der Waals surface area contributed by atoms with Crippen molar-refractivity contribution in [3.05, 3.63) is 24.3 Å². The number of anilines is 2. The van der Waals surface area contributed by atoms with Crippen molar-refractivity contribution in [1.29, 1.82) is 0 Å². The lowest BCUT2D eigenvalue weighted by Crippen LogP contribution is -2.30. The van der Waals surface area contributed by atoms with Gasteiger partial charge in [-0.1, -0.05) is 13.8 Å². The molecule has 5 nitrogen and oxygen atoms in total. The summed E-state index contributed by atoms with van der Waals surface area (Å²) < 4.78 is 0. The van der Waals surface area contributed by atoms with Crippen LogP contribution in [-0.4, -0.2) is 31.4 Å². The normalized spacial score (nSPS) is 22.5. The Morgan fingerprint density at radius 3 is 2.33 bits per heavy atom. The van der Waals surface area contributed by atoms with Gasteiger partial charge in [0.2, 0.25) is 11.8 Å². The number of hydrogen-bond acceptors (Lipinski definition) is 3. The van der Waals surface area contributed by atoms with Crippen LogP contribution in [0.25, 0.3) is 0 Å². The molecule has 130 valence electrons. The highest BCUT2D eigenvalue weighted by Crippen LogP contribution is 2.39. The van der Waals surface area contributed by atoms with Gasteiger partial charge >= 0.3 is 0 Å². The van der Waals surface area contributed by atoms with Gasteiger partial charge in [-0.05, 0) is 49.4 Å². The average molecular weight is 329 g/mol. The zero-order chi connectivity index (χ0) is 17.1. The molecule has 1 aliphatic heterocycles. The van der Waals surface area contributed by atoms with Crippen LogP contribution in [0.3, 0.4) is 0 Å². The largest absolute Gasteiger partial charge is 0.372 e. The number of amides is 2. The van der Waals surface area contributed by atoms with Gasteiger partial charge in [0.25, 0.3) is 0 Å². The average Bonchev–Trinajstić information content (AvgIpc) is 3.19. The first-order chi connectivity index (χ1) is 11.5. The van der Waals surface area contributed by atoms with Gasteiger partial charge in [0, 0.05) is 31.0 Å². The second-order valence-electron chi connectivity index (χ2n) is 7.32. The molecule has 1 aromatic rings. The van der Waals surface area contributed by atoms with Crippen molar-refractivity contribution in [1.82, 2.24) is 5.32 Å². The summed E-state index contributed by atoms with van der Waals surface area (Å²) in [7, 11) is 0. The van der Waals surface area contributed by atoms with Crippen LogP contribution in [0, 0.1) is 17.8 Å². The molecule has 0 radical (unpaired) electrons. The van der Waals surface area contributed by atoms with Crippen molar-refractivity contribution in [2.45, 2.75) is 33.1 Å². The molecule has 1 heterocycles. The Labute approximate surface area is 143 Å². The first-order valence-electron chi connectivity index (χ1n) is 8.98. The van der Waals surface area contributed by atoms with E-state index in [1.807, 2.05) is 12.1 Å². The molecule has 1 aromatic carbocycles. The zero-order valence-electron chi connectivity index (χ0n) is 14.5. The number of benzene rings is 1. The Morgan fingerprint density at radius 1 is 1.08 bits per heavy atom. The fourth-order valence-corrected chi connectivity index (χ4v) is 3.18. The molecular formula is C19H27N3O2. The molecule has 2 fully saturated rings. The van der Waals surface area contributed by atoms with Gasteiger partial charge in [0.05, 0.1) is 11.8 Å². The van der Waals surface area contributed by atoms with Crippen molar-refractivity contribution >= 4 is 23.2 Å². The SMILES string of the molecule is CC(C)CNC(=O)C1CC1C(=O)Nc1ccc(N2CCCC2)cc1. The quantitative estimate of drug-likeness (QED) is 0.843. The summed E-state index contributed by atoms with van der Waals surface area (Å²) in [5.74, 6) is 0.0407. The summed E-state index contributed by atoms with van der Waals surface area (Å²) in [5, 5.41) is 5.84. The highest BCUT2D eigenvalue weighted by atomic mass is 16.2. The van der Waals surface area contributed by atoms with Crippen LogP contribution in [0.5, 0.6) is 0 Å². The first-order valence-corrected chi connectivity index (χ1v) is 8.98. The Bertz CT molecular complexity index is 591. The second-order valence-corrected chi connectivity index (χ2v) is 7.32.